The maximum atomic E-state index is 12.5. The molecule has 0 saturated carbocycles. The van der Waals surface area contributed by atoms with Crippen molar-refractivity contribution < 1.29 is 14.3 Å². The van der Waals surface area contributed by atoms with Gasteiger partial charge in [-0.2, -0.15) is 0 Å². The van der Waals surface area contributed by atoms with Crippen LogP contribution in [-0.4, -0.2) is 42.8 Å². The average Bonchev–Trinajstić information content (AvgIpc) is 2.59. The van der Waals surface area contributed by atoms with Crippen molar-refractivity contribution in [2.24, 2.45) is 11.7 Å². The van der Waals surface area contributed by atoms with Gasteiger partial charge in [-0.1, -0.05) is 22.9 Å². The number of Topliss-reactive ketones (excluding diaryl/α,β-unsaturated/α-hetero) is 1. The molecular weight excluding hydrogens is 372 g/mol. The minimum Gasteiger partial charge on any atom is -0.496 e. The van der Waals surface area contributed by atoms with Gasteiger partial charge in [0.25, 0.3) is 0 Å². The van der Waals surface area contributed by atoms with E-state index in [0.29, 0.717) is 23.8 Å². The molecule has 2 N–H and O–H groups in total. The van der Waals surface area contributed by atoms with Gasteiger partial charge in [-0.05, 0) is 37.0 Å². The van der Waals surface area contributed by atoms with Crippen LogP contribution >= 0.6 is 15.9 Å². The van der Waals surface area contributed by atoms with Gasteiger partial charge >= 0.3 is 0 Å². The van der Waals surface area contributed by atoms with Crippen LogP contribution in [0.2, 0.25) is 0 Å². The molecule has 0 radical (unpaired) electrons. The van der Waals surface area contributed by atoms with Crippen LogP contribution in [0.3, 0.4) is 0 Å². The molecule has 1 aliphatic rings. The Morgan fingerprint density at radius 1 is 1.38 bits per heavy atom. The molecule has 1 heterocycles. The number of nitrogens with zero attached hydrogens (tertiary/aromatic N) is 1. The van der Waals surface area contributed by atoms with Crippen LogP contribution in [0.1, 0.15) is 43.0 Å². The molecule has 132 valence electrons. The lowest BCUT2D eigenvalue weighted by molar-refractivity contribution is -0.135. The lowest BCUT2D eigenvalue weighted by atomic mass is 9.92. The number of carbonyl (C=O) groups is 2. The molecule has 24 heavy (non-hydrogen) atoms. The highest BCUT2D eigenvalue weighted by Gasteiger charge is 2.29. The van der Waals surface area contributed by atoms with Crippen molar-refractivity contribution in [3.8, 4) is 5.75 Å². The summed E-state index contributed by atoms with van der Waals surface area (Å²) in [6, 6.07) is 5.39. The van der Waals surface area contributed by atoms with Gasteiger partial charge in [0, 0.05) is 36.4 Å². The lowest BCUT2D eigenvalue weighted by Gasteiger charge is -2.38. The number of benzene rings is 1. The number of halogens is 1. The van der Waals surface area contributed by atoms with E-state index in [1.807, 2.05) is 11.0 Å². The second kappa shape index (κ2) is 8.62. The molecule has 1 saturated heterocycles. The third kappa shape index (κ3) is 4.57. The number of ketones is 1. The monoisotopic (exact) mass is 396 g/mol. The van der Waals surface area contributed by atoms with Crippen molar-refractivity contribution in [2.75, 3.05) is 20.2 Å². The summed E-state index contributed by atoms with van der Waals surface area (Å²) in [6.45, 7) is 3.40. The van der Waals surface area contributed by atoms with E-state index in [9.17, 15) is 9.59 Å². The smallest absolute Gasteiger partial charge is 0.223 e. The standard InChI is InChI=1S/C18H25BrN2O3/c1-12-7-8-21(14(9-12)11-20)18(23)6-4-16(22)15-10-13(19)3-5-17(15)24-2/h3,5,10,12,14H,4,6-9,11,20H2,1-2H3. The predicted molar refractivity (Wildman–Crippen MR) is 97.2 cm³/mol. The Balaban J connectivity index is 1.98. The zero-order chi connectivity index (χ0) is 17.7. The minimum atomic E-state index is -0.0869. The molecule has 1 aromatic rings. The summed E-state index contributed by atoms with van der Waals surface area (Å²) in [5.74, 6) is 1.05. The van der Waals surface area contributed by atoms with Crippen LogP contribution in [0.15, 0.2) is 22.7 Å². The molecule has 0 bridgehead atoms. The van der Waals surface area contributed by atoms with E-state index in [-0.39, 0.29) is 30.6 Å². The Morgan fingerprint density at radius 2 is 2.12 bits per heavy atom. The van der Waals surface area contributed by atoms with Crippen molar-refractivity contribution in [3.05, 3.63) is 28.2 Å². The predicted octanol–water partition coefficient (Wildman–Crippen LogP) is 3.01. The van der Waals surface area contributed by atoms with E-state index in [1.54, 1.807) is 12.1 Å². The first-order chi connectivity index (χ1) is 11.5. The van der Waals surface area contributed by atoms with Gasteiger partial charge in [-0.15, -0.1) is 0 Å². The summed E-state index contributed by atoms with van der Waals surface area (Å²) in [5, 5.41) is 0. The summed E-state index contributed by atoms with van der Waals surface area (Å²) < 4.78 is 6.05. The van der Waals surface area contributed by atoms with Gasteiger partial charge in [-0.3, -0.25) is 9.59 Å². The number of hydrogen-bond donors (Lipinski definition) is 1. The van der Waals surface area contributed by atoms with E-state index >= 15 is 0 Å². The first-order valence-electron chi connectivity index (χ1n) is 8.32. The molecule has 1 aliphatic heterocycles. The Labute approximate surface area is 151 Å². The summed E-state index contributed by atoms with van der Waals surface area (Å²) in [6.07, 6.45) is 2.32. The Kier molecular flexibility index (Phi) is 6.80. The molecule has 1 aromatic carbocycles. The quantitative estimate of drug-likeness (QED) is 0.749. The SMILES string of the molecule is COc1ccc(Br)cc1C(=O)CCC(=O)N1CCC(C)CC1CN. The van der Waals surface area contributed by atoms with Gasteiger partial charge in [0.2, 0.25) is 5.91 Å². The highest BCUT2D eigenvalue weighted by Crippen LogP contribution is 2.26. The highest BCUT2D eigenvalue weighted by molar-refractivity contribution is 9.10. The normalized spacial score (nSPS) is 20.8. The fraction of sp³-hybridized carbons (Fsp3) is 0.556. The van der Waals surface area contributed by atoms with Crippen LogP contribution in [0.4, 0.5) is 0 Å². The van der Waals surface area contributed by atoms with Crippen molar-refractivity contribution in [2.45, 2.75) is 38.6 Å². The van der Waals surface area contributed by atoms with Crippen LogP contribution in [0.25, 0.3) is 0 Å². The summed E-state index contributed by atoms with van der Waals surface area (Å²) in [7, 11) is 1.53. The molecule has 6 heteroatoms. The van der Waals surface area contributed by atoms with Gasteiger partial charge in [0.1, 0.15) is 5.75 Å². The second-order valence-corrected chi connectivity index (χ2v) is 7.29. The number of nitrogens with two attached hydrogens (primary N) is 1. The fourth-order valence-electron chi connectivity index (χ4n) is 3.20. The summed E-state index contributed by atoms with van der Waals surface area (Å²) >= 11 is 3.36. The lowest BCUT2D eigenvalue weighted by Crippen LogP contribution is -2.49. The number of likely N-dealkylation sites (tertiary alicyclic amines) is 1. The molecule has 2 atom stereocenters. The van der Waals surface area contributed by atoms with Crippen molar-refractivity contribution in [1.29, 1.82) is 0 Å². The van der Waals surface area contributed by atoms with Gasteiger partial charge in [0.05, 0.1) is 12.7 Å². The number of carbonyl (C=O) groups excluding carboxylic acids is 2. The van der Waals surface area contributed by atoms with E-state index in [2.05, 4.69) is 22.9 Å². The maximum Gasteiger partial charge on any atom is 0.223 e. The van der Waals surface area contributed by atoms with Crippen molar-refractivity contribution in [1.82, 2.24) is 4.90 Å². The topological polar surface area (TPSA) is 72.6 Å². The van der Waals surface area contributed by atoms with Crippen LogP contribution < -0.4 is 10.5 Å². The van der Waals surface area contributed by atoms with E-state index in [4.69, 9.17) is 10.5 Å². The van der Waals surface area contributed by atoms with Crippen LogP contribution in [-0.2, 0) is 4.79 Å². The Morgan fingerprint density at radius 3 is 2.79 bits per heavy atom. The number of ether oxygens (including phenoxy) is 1. The van der Waals surface area contributed by atoms with E-state index < -0.39 is 0 Å². The molecule has 1 amide bonds. The molecule has 2 rings (SSSR count). The van der Waals surface area contributed by atoms with Gasteiger partial charge in [0.15, 0.2) is 5.78 Å². The molecular formula is C18H25BrN2O3. The maximum absolute atomic E-state index is 12.5. The number of amides is 1. The van der Waals surface area contributed by atoms with Crippen LogP contribution in [0, 0.1) is 5.92 Å². The van der Waals surface area contributed by atoms with Gasteiger partial charge < -0.3 is 15.4 Å². The highest BCUT2D eigenvalue weighted by atomic mass is 79.9. The number of piperidine rings is 1. The second-order valence-electron chi connectivity index (χ2n) is 6.37. The Hall–Kier alpha value is -1.40. The van der Waals surface area contributed by atoms with E-state index in [0.717, 1.165) is 23.9 Å². The number of hydrogen-bond acceptors (Lipinski definition) is 4. The minimum absolute atomic E-state index is 0.0136. The zero-order valence-corrected chi connectivity index (χ0v) is 15.8. The van der Waals surface area contributed by atoms with Crippen molar-refractivity contribution in [3.63, 3.8) is 0 Å². The first kappa shape index (κ1) is 18.9. The average molecular weight is 397 g/mol. The summed E-state index contributed by atoms with van der Waals surface area (Å²) in [5.41, 5.74) is 6.31. The Bertz CT molecular complexity index is 606. The van der Waals surface area contributed by atoms with Crippen LogP contribution in [0.5, 0.6) is 5.75 Å². The van der Waals surface area contributed by atoms with E-state index in [1.165, 1.54) is 7.11 Å². The third-order valence-electron chi connectivity index (χ3n) is 4.60. The largest absolute Gasteiger partial charge is 0.496 e. The number of methoxy groups -OCH3 is 1. The fourth-order valence-corrected chi connectivity index (χ4v) is 3.56. The van der Waals surface area contributed by atoms with Crippen molar-refractivity contribution >= 4 is 27.6 Å². The molecule has 1 fully saturated rings. The molecule has 5 nitrogen and oxygen atoms in total. The first-order valence-corrected chi connectivity index (χ1v) is 9.11. The summed E-state index contributed by atoms with van der Waals surface area (Å²) in [4.78, 5) is 26.8. The zero-order valence-electron chi connectivity index (χ0n) is 14.3. The third-order valence-corrected chi connectivity index (χ3v) is 5.09. The molecule has 0 aromatic heterocycles. The molecule has 0 spiro atoms. The molecule has 2 unspecified atom stereocenters. The number of rotatable bonds is 6. The van der Waals surface area contributed by atoms with Gasteiger partial charge in [-0.25, -0.2) is 0 Å². The molecule has 0 aliphatic carbocycles.